The van der Waals surface area contributed by atoms with Gasteiger partial charge in [0.15, 0.2) is 0 Å². The van der Waals surface area contributed by atoms with Crippen molar-refractivity contribution in [3.05, 3.63) is 36.4 Å². The molecule has 0 spiro atoms. The smallest absolute Gasteiger partial charge is 0.148 e. The molecule has 0 fully saturated rings. The van der Waals surface area contributed by atoms with Gasteiger partial charge < -0.3 is 11.6 Å². The van der Waals surface area contributed by atoms with Gasteiger partial charge in [-0.25, -0.2) is 0 Å². The van der Waals surface area contributed by atoms with Crippen LogP contribution in [0.1, 0.15) is 0 Å². The molecule has 0 saturated heterocycles. The first kappa shape index (κ1) is 7.67. The quantitative estimate of drug-likeness (QED) is 0.629. The maximum Gasteiger partial charge on any atom is 0.148 e. The van der Waals surface area contributed by atoms with Gasteiger partial charge in [-0.2, -0.15) is 4.79 Å². The van der Waals surface area contributed by atoms with E-state index in [4.69, 9.17) is 11.6 Å². The van der Waals surface area contributed by atoms with Crippen molar-refractivity contribution in [2.45, 2.75) is 0 Å². The molecule has 0 saturated carbocycles. The average Bonchev–Trinajstić information content (AvgIpc) is 2.47. The Morgan fingerprint density at radius 1 is 1.15 bits per heavy atom. The molecule has 0 radical (unpaired) electrons. The molecule has 66 valence electrons. The van der Waals surface area contributed by atoms with Crippen molar-refractivity contribution in [3.8, 4) is 11.3 Å². The minimum atomic E-state index is 0.432. The van der Waals surface area contributed by atoms with Gasteiger partial charge in [-0.05, 0) is 0 Å². The lowest BCUT2D eigenvalue weighted by molar-refractivity contribution is 0.845. The van der Waals surface area contributed by atoms with Crippen molar-refractivity contribution in [1.82, 2.24) is 9.89 Å². The van der Waals surface area contributed by atoms with Crippen molar-refractivity contribution < 1.29 is 0 Å². The van der Waals surface area contributed by atoms with Crippen LogP contribution in [0.25, 0.3) is 11.3 Å². The normalized spacial score (nSPS) is 10.2. The summed E-state index contributed by atoms with van der Waals surface area (Å²) in [6.45, 7) is 0. The predicted molar refractivity (Wildman–Crippen MR) is 52.2 cm³/mol. The van der Waals surface area contributed by atoms with Gasteiger partial charge in [0, 0.05) is 11.6 Å². The summed E-state index contributed by atoms with van der Waals surface area (Å²) in [7, 11) is 0. The first-order valence-electron chi connectivity index (χ1n) is 3.93. The summed E-state index contributed by atoms with van der Waals surface area (Å²) in [6.07, 6.45) is 0. The predicted octanol–water partition coefficient (Wildman–Crippen LogP) is 0.846. The second-order valence-corrected chi connectivity index (χ2v) is 2.77. The number of aromatic nitrogens is 2. The third-order valence-corrected chi connectivity index (χ3v) is 1.82. The number of anilines is 1. The van der Waals surface area contributed by atoms with Crippen LogP contribution in [-0.2, 0) is 0 Å². The molecule has 4 heteroatoms. The highest BCUT2D eigenvalue weighted by Crippen LogP contribution is 2.18. The third kappa shape index (κ3) is 1.33. The molecule has 0 aliphatic heterocycles. The van der Waals surface area contributed by atoms with Crippen LogP contribution in [0, 0.1) is 0 Å². The third-order valence-electron chi connectivity index (χ3n) is 1.82. The lowest BCUT2D eigenvalue weighted by Gasteiger charge is -1.99. The second-order valence-electron chi connectivity index (χ2n) is 2.77. The number of hydrogen-bond donors (Lipinski definition) is 2. The molecule has 1 aromatic heterocycles. The summed E-state index contributed by atoms with van der Waals surface area (Å²) in [5.74, 6) is 6.03. The number of rotatable bonds is 1. The van der Waals surface area contributed by atoms with Gasteiger partial charge in [0.05, 0.1) is 5.69 Å². The molecule has 0 unspecified atom stereocenters. The van der Waals surface area contributed by atoms with Gasteiger partial charge in [0.2, 0.25) is 0 Å². The van der Waals surface area contributed by atoms with E-state index in [0.717, 1.165) is 11.3 Å². The largest absolute Gasteiger partial charge is 0.382 e. The maximum atomic E-state index is 5.60. The van der Waals surface area contributed by atoms with E-state index in [1.807, 2.05) is 30.3 Å². The Morgan fingerprint density at radius 2 is 1.85 bits per heavy atom. The van der Waals surface area contributed by atoms with Crippen LogP contribution >= 0.6 is 0 Å². The van der Waals surface area contributed by atoms with Gasteiger partial charge in [0.1, 0.15) is 5.82 Å². The lowest BCUT2D eigenvalue weighted by Crippen LogP contribution is -2.11. The van der Waals surface area contributed by atoms with E-state index in [1.165, 1.54) is 4.79 Å². The van der Waals surface area contributed by atoms with Crippen LogP contribution in [0.5, 0.6) is 0 Å². The van der Waals surface area contributed by atoms with Crippen molar-refractivity contribution in [1.29, 1.82) is 0 Å². The number of nitrogens with zero attached hydrogens (tertiary/aromatic N) is 2. The molecule has 0 bridgehead atoms. The van der Waals surface area contributed by atoms with E-state index in [1.54, 1.807) is 6.07 Å². The van der Waals surface area contributed by atoms with Gasteiger partial charge >= 0.3 is 0 Å². The Labute approximate surface area is 75.7 Å². The van der Waals surface area contributed by atoms with Gasteiger partial charge in [-0.1, -0.05) is 30.3 Å². The summed E-state index contributed by atoms with van der Waals surface area (Å²) in [6, 6.07) is 11.5. The summed E-state index contributed by atoms with van der Waals surface area (Å²) < 4.78 is 0. The summed E-state index contributed by atoms with van der Waals surface area (Å²) in [4.78, 5) is 1.28. The average molecular weight is 174 g/mol. The van der Waals surface area contributed by atoms with Crippen molar-refractivity contribution >= 4 is 5.82 Å². The Morgan fingerprint density at radius 3 is 2.38 bits per heavy atom. The minimum absolute atomic E-state index is 0.432. The Hall–Kier alpha value is -1.97. The molecule has 2 rings (SSSR count). The standard InChI is InChI=1S/C9H10N4/c10-9-6-8(13(11)12-9)7-4-2-1-3-5-7/h1-6H,11H2,(H2,10,12). The topological polar surface area (TPSA) is 69.9 Å². The van der Waals surface area contributed by atoms with E-state index in [2.05, 4.69) is 5.10 Å². The first-order chi connectivity index (χ1) is 6.27. The second kappa shape index (κ2) is 2.82. The van der Waals surface area contributed by atoms with Crippen molar-refractivity contribution in [2.24, 2.45) is 0 Å². The fourth-order valence-corrected chi connectivity index (χ4v) is 1.24. The fourth-order valence-electron chi connectivity index (χ4n) is 1.24. The van der Waals surface area contributed by atoms with Crippen LogP contribution in [-0.4, -0.2) is 9.89 Å². The van der Waals surface area contributed by atoms with Gasteiger partial charge in [-0.15, -0.1) is 5.10 Å². The zero-order valence-electron chi connectivity index (χ0n) is 7.01. The molecular formula is C9H10N4. The molecule has 4 nitrogen and oxygen atoms in total. The zero-order valence-corrected chi connectivity index (χ0v) is 7.01. The lowest BCUT2D eigenvalue weighted by atomic mass is 10.1. The molecular weight excluding hydrogens is 164 g/mol. The maximum absolute atomic E-state index is 5.60. The molecule has 1 aromatic carbocycles. The van der Waals surface area contributed by atoms with Crippen LogP contribution in [0.2, 0.25) is 0 Å². The number of nitrogen functional groups attached to an aromatic ring is 2. The zero-order chi connectivity index (χ0) is 9.26. The Balaban J connectivity index is 2.53. The first-order valence-corrected chi connectivity index (χ1v) is 3.93. The van der Waals surface area contributed by atoms with E-state index >= 15 is 0 Å². The van der Waals surface area contributed by atoms with Crippen LogP contribution < -0.4 is 11.6 Å². The van der Waals surface area contributed by atoms with Gasteiger partial charge in [0.25, 0.3) is 0 Å². The molecule has 0 aliphatic carbocycles. The molecule has 0 aliphatic rings. The highest BCUT2D eigenvalue weighted by atomic mass is 15.5. The van der Waals surface area contributed by atoms with Crippen LogP contribution in [0.4, 0.5) is 5.82 Å². The van der Waals surface area contributed by atoms with Gasteiger partial charge in [-0.3, -0.25) is 0 Å². The minimum Gasteiger partial charge on any atom is -0.382 e. The summed E-state index contributed by atoms with van der Waals surface area (Å²) in [5.41, 5.74) is 7.33. The SMILES string of the molecule is Nc1cc(-c2ccccc2)n(N)n1. The molecule has 2 aromatic rings. The van der Waals surface area contributed by atoms with Crippen LogP contribution in [0.3, 0.4) is 0 Å². The van der Waals surface area contributed by atoms with Crippen LogP contribution in [0.15, 0.2) is 36.4 Å². The number of hydrogen-bond acceptors (Lipinski definition) is 3. The van der Waals surface area contributed by atoms with E-state index in [-0.39, 0.29) is 0 Å². The molecule has 0 atom stereocenters. The molecule has 1 heterocycles. The Bertz CT molecular complexity index is 405. The van der Waals surface area contributed by atoms with Crippen molar-refractivity contribution in [3.63, 3.8) is 0 Å². The Kier molecular flexibility index (Phi) is 1.66. The number of nitrogens with two attached hydrogens (primary N) is 2. The van der Waals surface area contributed by atoms with E-state index < -0.39 is 0 Å². The molecule has 0 amide bonds. The highest BCUT2D eigenvalue weighted by molar-refractivity contribution is 5.62. The monoisotopic (exact) mass is 174 g/mol. The van der Waals surface area contributed by atoms with E-state index in [9.17, 15) is 0 Å². The summed E-state index contributed by atoms with van der Waals surface area (Å²) >= 11 is 0. The molecule has 4 N–H and O–H groups in total. The van der Waals surface area contributed by atoms with E-state index in [0.29, 0.717) is 5.82 Å². The molecule has 13 heavy (non-hydrogen) atoms. The fraction of sp³-hybridized carbons (Fsp3) is 0. The van der Waals surface area contributed by atoms with Crippen molar-refractivity contribution in [2.75, 3.05) is 11.6 Å². The highest BCUT2D eigenvalue weighted by Gasteiger charge is 2.04. The summed E-state index contributed by atoms with van der Waals surface area (Å²) in [5, 5.41) is 3.86. The number of benzene rings is 1.